The van der Waals surface area contributed by atoms with Crippen LogP contribution in [0, 0.1) is 0 Å². The van der Waals surface area contributed by atoms with Crippen LogP contribution >= 0.6 is 46.9 Å². The summed E-state index contributed by atoms with van der Waals surface area (Å²) in [6, 6.07) is 0. The van der Waals surface area contributed by atoms with Gasteiger partial charge in [-0.3, -0.25) is 18.2 Å². The van der Waals surface area contributed by atoms with E-state index in [1.807, 2.05) is 0 Å². The minimum Gasteiger partial charge on any atom is -0.387 e. The van der Waals surface area contributed by atoms with Gasteiger partial charge in [0.2, 0.25) is 0 Å². The predicted octanol–water partition coefficient (Wildman–Crippen LogP) is -2.21. The van der Waals surface area contributed by atoms with Gasteiger partial charge in [-0.05, 0) is 0 Å². The molecule has 61 heavy (non-hydrogen) atoms. The molecule has 2 aliphatic heterocycles. The second kappa shape index (κ2) is 17.4. The molecule has 35 nitrogen and oxygen atoms in total. The highest BCUT2D eigenvalue weighted by Gasteiger charge is 2.52. The maximum atomic E-state index is 12.4. The summed E-state index contributed by atoms with van der Waals surface area (Å²) in [7, 11) is -37.9. The van der Waals surface area contributed by atoms with E-state index in [1.165, 1.54) is 0 Å². The summed E-state index contributed by atoms with van der Waals surface area (Å²) in [6.45, 7) is -2.43. The molecule has 0 radical (unpaired) electrons. The van der Waals surface area contributed by atoms with Gasteiger partial charge in [0.15, 0.2) is 35.4 Å². The van der Waals surface area contributed by atoms with Gasteiger partial charge in [0.25, 0.3) is 0 Å². The largest absolute Gasteiger partial charge is 0.490 e. The molecule has 6 heterocycles. The van der Waals surface area contributed by atoms with Crippen molar-refractivity contribution in [3.63, 3.8) is 0 Å². The van der Waals surface area contributed by atoms with Gasteiger partial charge < -0.3 is 70.7 Å². The molecule has 0 spiro atoms. The average Bonchev–Trinajstić information content (AvgIpc) is 3.86. The van der Waals surface area contributed by atoms with Gasteiger partial charge in [0, 0.05) is 0 Å². The molecule has 2 fully saturated rings. The number of fused-ring (bicyclic) bond motifs is 2. The van der Waals surface area contributed by atoms with Gasteiger partial charge in [-0.15, -0.1) is 0 Å². The monoisotopic (exact) mass is 996 g/mol. The Labute approximate surface area is 336 Å². The highest BCUT2D eigenvalue weighted by molar-refractivity contribution is 7.72. The van der Waals surface area contributed by atoms with E-state index in [-0.39, 0.29) is 34.0 Å². The molecule has 0 aromatic carbocycles. The van der Waals surface area contributed by atoms with Crippen molar-refractivity contribution in [2.45, 2.75) is 49.1 Å². The lowest BCUT2D eigenvalue weighted by Gasteiger charge is -2.22. The first-order valence-electron chi connectivity index (χ1n) is 15.8. The molecule has 6 unspecified atom stereocenters. The molecule has 4 aromatic heterocycles. The minimum atomic E-state index is -6.59. The highest BCUT2D eigenvalue weighted by Crippen LogP contribution is 2.75. The molecule has 0 amide bonds. The summed E-state index contributed by atoms with van der Waals surface area (Å²) in [5.41, 5.74) is 11.6. The molecule has 6 rings (SSSR count). The zero-order valence-corrected chi connectivity index (χ0v) is 34.7. The van der Waals surface area contributed by atoms with Crippen LogP contribution in [0.15, 0.2) is 25.3 Å². The Hall–Kier alpha value is -2.68. The fourth-order valence-corrected chi connectivity index (χ4v) is 13.2. The zero-order chi connectivity index (χ0) is 45.1. The van der Waals surface area contributed by atoms with Gasteiger partial charge >= 0.3 is 46.9 Å². The van der Waals surface area contributed by atoms with Crippen LogP contribution in [0.25, 0.3) is 22.3 Å². The molecule has 2 saturated heterocycles. The Morgan fingerprint density at radius 2 is 0.820 bits per heavy atom. The maximum absolute atomic E-state index is 12.4. The van der Waals surface area contributed by atoms with E-state index >= 15 is 0 Å². The molecule has 340 valence electrons. The third-order valence-corrected chi connectivity index (χ3v) is 17.0. The molecule has 14 N–H and O–H groups in total. The average molecular weight is 996 g/mol. The van der Waals surface area contributed by atoms with E-state index in [2.05, 4.69) is 60.5 Å². The molecule has 14 atom stereocenters. The molecular formula is C20H30N10O25P6. The summed E-state index contributed by atoms with van der Waals surface area (Å²) in [5, 5.41) is 41.8. The SMILES string of the molecule is Nc1ncnc2c1ncn2[C@@H]1O[C@H](COP(=O)(O)OP(=O)(O)OP(=O)(O)OP(=O)(O)OP(=O)(O)OP(=O)(O)OC[C@H]2O[C@@H](n3cnc4c(N)ncnc43)[C@H](O)[C@@H]2O)[C@@H](O)[C@H]1O. The number of hydrogen-bond donors (Lipinski definition) is 12. The van der Waals surface area contributed by atoms with Gasteiger partial charge in [0.1, 0.15) is 60.3 Å². The lowest BCUT2D eigenvalue weighted by molar-refractivity contribution is -0.0503. The first kappa shape index (κ1) is 47.8. The summed E-state index contributed by atoms with van der Waals surface area (Å²) in [6.07, 6.45) is -9.40. The predicted molar refractivity (Wildman–Crippen MR) is 188 cm³/mol. The van der Waals surface area contributed by atoms with Crippen molar-refractivity contribution in [3.05, 3.63) is 25.3 Å². The summed E-state index contributed by atoms with van der Waals surface area (Å²) < 4.78 is 114. The number of ether oxygens (including phenoxy) is 2. The van der Waals surface area contributed by atoms with E-state index < -0.39 is 109 Å². The molecule has 4 aromatic rings. The van der Waals surface area contributed by atoms with Crippen LogP contribution in [-0.2, 0) is 67.5 Å². The minimum absolute atomic E-state index is 0.0261. The fourth-order valence-electron chi connectivity index (χ4n) is 5.40. The Morgan fingerprint density at radius 3 is 1.15 bits per heavy atom. The van der Waals surface area contributed by atoms with Crippen molar-refractivity contribution >= 4 is 80.9 Å². The molecular weight excluding hydrogens is 966 g/mol. The van der Waals surface area contributed by atoms with Crippen LogP contribution in [0.1, 0.15) is 12.5 Å². The van der Waals surface area contributed by atoms with Crippen molar-refractivity contribution in [2.24, 2.45) is 0 Å². The number of hydrogen-bond acceptors (Lipinski definition) is 27. The van der Waals surface area contributed by atoms with Crippen molar-refractivity contribution in [3.8, 4) is 0 Å². The van der Waals surface area contributed by atoms with Crippen molar-refractivity contribution < 1.29 is 117 Å². The molecule has 0 aliphatic carbocycles. The molecule has 41 heteroatoms. The van der Waals surface area contributed by atoms with E-state index in [0.29, 0.717) is 0 Å². The second-order valence-corrected chi connectivity index (χ2v) is 21.5. The Balaban J connectivity index is 0.991. The normalized spacial score (nSPS) is 30.6. The van der Waals surface area contributed by atoms with Crippen LogP contribution < -0.4 is 11.5 Å². The number of nitrogens with zero attached hydrogens (tertiary/aromatic N) is 8. The van der Waals surface area contributed by atoms with E-state index in [9.17, 15) is 77.2 Å². The van der Waals surface area contributed by atoms with Gasteiger partial charge in [-0.1, -0.05) is 0 Å². The second-order valence-electron chi connectivity index (χ2n) is 12.1. The Morgan fingerprint density at radius 1 is 0.508 bits per heavy atom. The quantitative estimate of drug-likeness (QED) is 0.0470. The van der Waals surface area contributed by atoms with Crippen molar-refractivity contribution in [1.29, 1.82) is 0 Å². The smallest absolute Gasteiger partial charge is 0.387 e. The van der Waals surface area contributed by atoms with Crippen LogP contribution in [-0.4, -0.2) is 139 Å². The first-order chi connectivity index (χ1) is 28.1. The van der Waals surface area contributed by atoms with Crippen molar-refractivity contribution in [2.75, 3.05) is 24.7 Å². The number of anilines is 2. The van der Waals surface area contributed by atoms with E-state index in [1.54, 1.807) is 0 Å². The number of aliphatic hydroxyl groups is 4. The molecule has 0 saturated carbocycles. The van der Waals surface area contributed by atoms with Crippen LogP contribution in [0.3, 0.4) is 0 Å². The fraction of sp³-hybridized carbons (Fsp3) is 0.500. The van der Waals surface area contributed by atoms with Crippen LogP contribution in [0.2, 0.25) is 0 Å². The van der Waals surface area contributed by atoms with Crippen LogP contribution in [0.4, 0.5) is 11.6 Å². The third-order valence-electron chi connectivity index (χ3n) is 7.83. The number of phosphoric ester groups is 2. The zero-order valence-electron chi connectivity index (χ0n) is 29.4. The van der Waals surface area contributed by atoms with E-state index in [0.717, 1.165) is 34.4 Å². The molecule has 0 bridgehead atoms. The van der Waals surface area contributed by atoms with Gasteiger partial charge in [-0.25, -0.2) is 57.3 Å². The lowest BCUT2D eigenvalue weighted by atomic mass is 10.1. The van der Waals surface area contributed by atoms with Crippen molar-refractivity contribution in [1.82, 2.24) is 39.0 Å². The first-order valence-corrected chi connectivity index (χ1v) is 24.8. The standard InChI is InChI=1S/C20H30N10O25P6/c21-15-9-17(25-3-23-15)29(5-27-9)19-13(33)11(31)7(49-19)1-47-56(35,36)51-58(39,40)53-60(43,44)55-61(45,46)54-59(41,42)52-57(37,38)48-2-8-12(32)14(34)20(50-8)30-6-28-10-16(22)24-4-26-18(10)30/h3-8,11-14,19-20,31-34H,1-2H2,(H,35,36)(H,37,38)(H,39,40)(H,41,42)(H,43,44)(H,45,46)(H2,21,23,25)(H2,22,24,26)/t7-,8-,11-,12-,13-,14-,19-,20-/m1/s1. The van der Waals surface area contributed by atoms with E-state index in [4.69, 9.17) is 20.9 Å². The topological polar surface area (TPSA) is 527 Å². The Kier molecular flexibility index (Phi) is 13.6. The summed E-state index contributed by atoms with van der Waals surface area (Å²) in [5.74, 6) is -0.117. The maximum Gasteiger partial charge on any atom is 0.490 e. The number of aromatic nitrogens is 8. The summed E-state index contributed by atoms with van der Waals surface area (Å²) in [4.78, 5) is 82.2. The number of imidazole rings is 2. The highest BCUT2D eigenvalue weighted by atomic mass is 31.3. The summed E-state index contributed by atoms with van der Waals surface area (Å²) >= 11 is 0. The number of aliphatic hydroxyl groups excluding tert-OH is 4. The number of phosphoric acid groups is 6. The molecule has 2 aliphatic rings. The number of nitrogen functional groups attached to an aromatic ring is 2. The lowest BCUT2D eigenvalue weighted by Crippen LogP contribution is -2.33. The van der Waals surface area contributed by atoms with Crippen LogP contribution in [0.5, 0.6) is 0 Å². The van der Waals surface area contributed by atoms with Gasteiger partial charge in [-0.2, -0.15) is 21.6 Å². The van der Waals surface area contributed by atoms with Gasteiger partial charge in [0.05, 0.1) is 25.9 Å². The number of nitrogens with two attached hydrogens (primary N) is 2. The third kappa shape index (κ3) is 11.2. The number of rotatable bonds is 18. The Bertz CT molecular complexity index is 2410.